The maximum Gasteiger partial charge on any atom is 0.233 e. The quantitative estimate of drug-likeness (QED) is 0.750. The Hall–Kier alpha value is -2.40. The predicted octanol–water partition coefficient (Wildman–Crippen LogP) is 2.72. The molecule has 2 heterocycles. The van der Waals surface area contributed by atoms with Crippen LogP contribution in [0.15, 0.2) is 42.5 Å². The van der Waals surface area contributed by atoms with E-state index in [-0.39, 0.29) is 11.3 Å². The van der Waals surface area contributed by atoms with E-state index in [0.29, 0.717) is 25.6 Å². The molecular weight excluding hydrogens is 328 g/mol. The smallest absolute Gasteiger partial charge is 0.233 e. The van der Waals surface area contributed by atoms with Gasteiger partial charge in [-0.2, -0.15) is 0 Å². The van der Waals surface area contributed by atoms with Crippen LogP contribution >= 0.6 is 0 Å². The largest absolute Gasteiger partial charge is 0.475 e. The SMILES string of the molecule is COCCOc1ccc2c(n1)CCN(C(=O)C1(c3ccccc3)CC1)C2. The predicted molar refractivity (Wildman–Crippen MR) is 98.1 cm³/mol. The summed E-state index contributed by atoms with van der Waals surface area (Å²) >= 11 is 0. The van der Waals surface area contributed by atoms with Crippen molar-refractivity contribution < 1.29 is 14.3 Å². The van der Waals surface area contributed by atoms with Crippen molar-refractivity contribution in [2.24, 2.45) is 0 Å². The van der Waals surface area contributed by atoms with Gasteiger partial charge in [-0.1, -0.05) is 36.4 Å². The molecule has 1 aromatic heterocycles. The van der Waals surface area contributed by atoms with Gasteiger partial charge in [0.15, 0.2) is 0 Å². The van der Waals surface area contributed by atoms with E-state index in [1.807, 2.05) is 35.2 Å². The number of fused-ring (bicyclic) bond motifs is 1. The van der Waals surface area contributed by atoms with E-state index in [0.717, 1.165) is 42.6 Å². The molecule has 0 saturated heterocycles. The normalized spacial score (nSPS) is 17.5. The van der Waals surface area contributed by atoms with Crippen molar-refractivity contribution >= 4 is 5.91 Å². The maximum absolute atomic E-state index is 13.2. The fourth-order valence-electron chi connectivity index (χ4n) is 3.69. The molecule has 26 heavy (non-hydrogen) atoms. The number of rotatable bonds is 6. The lowest BCUT2D eigenvalue weighted by Crippen LogP contribution is -2.42. The zero-order valence-corrected chi connectivity index (χ0v) is 15.1. The van der Waals surface area contributed by atoms with Crippen LogP contribution in [-0.2, 0) is 27.9 Å². The molecule has 0 N–H and O–H groups in total. The summed E-state index contributed by atoms with van der Waals surface area (Å²) in [5, 5.41) is 0. The van der Waals surface area contributed by atoms with Gasteiger partial charge in [0.25, 0.3) is 0 Å². The third-order valence-electron chi connectivity index (χ3n) is 5.33. The standard InChI is InChI=1S/C21H24N2O3/c1-25-13-14-26-19-8-7-16-15-23(12-9-18(16)22-19)20(24)21(10-11-21)17-5-3-2-4-6-17/h2-8H,9-15H2,1H3. The van der Waals surface area contributed by atoms with Crippen LogP contribution in [0.5, 0.6) is 5.88 Å². The Bertz CT molecular complexity index is 787. The molecule has 2 aromatic rings. The average Bonchev–Trinajstić information content (AvgIpc) is 3.50. The molecular formula is C21H24N2O3. The van der Waals surface area contributed by atoms with E-state index in [2.05, 4.69) is 17.1 Å². The summed E-state index contributed by atoms with van der Waals surface area (Å²) in [5.41, 5.74) is 3.01. The monoisotopic (exact) mass is 352 g/mol. The molecule has 0 radical (unpaired) electrons. The Kier molecular flexibility index (Phi) is 4.64. The number of hydrogen-bond donors (Lipinski definition) is 0. The van der Waals surface area contributed by atoms with Crippen LogP contribution in [0.3, 0.4) is 0 Å². The van der Waals surface area contributed by atoms with Crippen LogP contribution < -0.4 is 4.74 Å². The number of hydrogen-bond acceptors (Lipinski definition) is 4. The summed E-state index contributed by atoms with van der Waals surface area (Å²) in [6.07, 6.45) is 2.67. The number of benzene rings is 1. The van der Waals surface area contributed by atoms with Crippen molar-refractivity contribution in [1.82, 2.24) is 9.88 Å². The van der Waals surface area contributed by atoms with Crippen molar-refractivity contribution in [3.8, 4) is 5.88 Å². The van der Waals surface area contributed by atoms with Gasteiger partial charge in [-0.3, -0.25) is 4.79 Å². The molecule has 4 rings (SSSR count). The van der Waals surface area contributed by atoms with Gasteiger partial charge in [0.05, 0.1) is 17.7 Å². The second kappa shape index (κ2) is 7.08. The number of methoxy groups -OCH3 is 1. The Labute approximate surface area is 153 Å². The first-order valence-electron chi connectivity index (χ1n) is 9.18. The summed E-state index contributed by atoms with van der Waals surface area (Å²) in [7, 11) is 1.65. The van der Waals surface area contributed by atoms with Crippen molar-refractivity contribution in [2.45, 2.75) is 31.2 Å². The third kappa shape index (κ3) is 3.19. The fraction of sp³-hybridized carbons (Fsp3) is 0.429. The van der Waals surface area contributed by atoms with Crippen molar-refractivity contribution in [3.05, 3.63) is 59.3 Å². The first kappa shape index (κ1) is 17.0. The maximum atomic E-state index is 13.2. The van der Waals surface area contributed by atoms with Gasteiger partial charge >= 0.3 is 0 Å². The van der Waals surface area contributed by atoms with Gasteiger partial charge in [0.2, 0.25) is 11.8 Å². The molecule has 1 aromatic carbocycles. The number of nitrogens with zero attached hydrogens (tertiary/aromatic N) is 2. The molecule has 0 spiro atoms. The van der Waals surface area contributed by atoms with E-state index < -0.39 is 0 Å². The zero-order chi connectivity index (χ0) is 18.0. The molecule has 1 amide bonds. The van der Waals surface area contributed by atoms with Crippen LogP contribution in [-0.4, -0.2) is 42.7 Å². The Morgan fingerprint density at radius 3 is 2.69 bits per heavy atom. The first-order chi connectivity index (χ1) is 12.7. The molecule has 0 bridgehead atoms. The number of aromatic nitrogens is 1. The van der Waals surface area contributed by atoms with Gasteiger partial charge in [0, 0.05) is 32.7 Å². The van der Waals surface area contributed by atoms with Gasteiger partial charge in [-0.25, -0.2) is 4.98 Å². The van der Waals surface area contributed by atoms with E-state index in [1.54, 1.807) is 7.11 Å². The molecule has 1 aliphatic carbocycles. The molecule has 1 aliphatic heterocycles. The highest BCUT2D eigenvalue weighted by Gasteiger charge is 2.53. The number of pyridine rings is 1. The second-order valence-corrected chi connectivity index (χ2v) is 7.02. The first-order valence-corrected chi connectivity index (χ1v) is 9.18. The van der Waals surface area contributed by atoms with Crippen molar-refractivity contribution in [1.29, 1.82) is 0 Å². The third-order valence-corrected chi connectivity index (χ3v) is 5.33. The topological polar surface area (TPSA) is 51.7 Å². The van der Waals surface area contributed by atoms with Crippen LogP contribution in [0.1, 0.15) is 29.7 Å². The molecule has 2 aliphatic rings. The molecule has 0 unspecified atom stereocenters. The van der Waals surface area contributed by atoms with Crippen molar-refractivity contribution in [3.63, 3.8) is 0 Å². The minimum Gasteiger partial charge on any atom is -0.475 e. The molecule has 136 valence electrons. The van der Waals surface area contributed by atoms with E-state index in [9.17, 15) is 4.79 Å². The Morgan fingerprint density at radius 2 is 1.96 bits per heavy atom. The highest BCUT2D eigenvalue weighted by atomic mass is 16.5. The molecule has 1 saturated carbocycles. The van der Waals surface area contributed by atoms with Gasteiger partial charge < -0.3 is 14.4 Å². The van der Waals surface area contributed by atoms with Gasteiger partial charge in [0.1, 0.15) is 6.61 Å². The average molecular weight is 352 g/mol. The number of carbonyl (C=O) groups is 1. The highest BCUT2D eigenvalue weighted by Crippen LogP contribution is 2.50. The summed E-state index contributed by atoms with van der Waals surface area (Å²) in [6, 6.07) is 14.1. The minimum absolute atomic E-state index is 0.259. The molecule has 5 heteroatoms. The minimum atomic E-state index is -0.296. The van der Waals surface area contributed by atoms with E-state index in [4.69, 9.17) is 9.47 Å². The van der Waals surface area contributed by atoms with Crippen LogP contribution in [0.2, 0.25) is 0 Å². The van der Waals surface area contributed by atoms with E-state index >= 15 is 0 Å². The summed E-state index contributed by atoms with van der Waals surface area (Å²) in [4.78, 5) is 19.8. The van der Waals surface area contributed by atoms with Crippen molar-refractivity contribution in [2.75, 3.05) is 26.9 Å². The second-order valence-electron chi connectivity index (χ2n) is 7.02. The fourth-order valence-corrected chi connectivity index (χ4v) is 3.69. The Morgan fingerprint density at radius 1 is 1.15 bits per heavy atom. The summed E-state index contributed by atoms with van der Waals surface area (Å²) in [6.45, 7) is 2.39. The molecule has 0 atom stereocenters. The van der Waals surface area contributed by atoms with Crippen LogP contribution in [0, 0.1) is 0 Å². The van der Waals surface area contributed by atoms with Gasteiger partial charge in [-0.05, 0) is 24.0 Å². The lowest BCUT2D eigenvalue weighted by Gasteiger charge is -2.32. The highest BCUT2D eigenvalue weighted by molar-refractivity contribution is 5.91. The number of carbonyl (C=O) groups excluding carboxylic acids is 1. The van der Waals surface area contributed by atoms with Crippen LogP contribution in [0.25, 0.3) is 0 Å². The van der Waals surface area contributed by atoms with E-state index in [1.165, 1.54) is 0 Å². The zero-order valence-electron chi connectivity index (χ0n) is 15.1. The summed E-state index contributed by atoms with van der Waals surface area (Å²) in [5.74, 6) is 0.887. The lowest BCUT2D eigenvalue weighted by molar-refractivity contribution is -0.134. The molecule has 5 nitrogen and oxygen atoms in total. The summed E-state index contributed by atoms with van der Waals surface area (Å²) < 4.78 is 10.6. The number of ether oxygens (including phenoxy) is 2. The number of amides is 1. The lowest BCUT2D eigenvalue weighted by atomic mass is 9.93. The Balaban J connectivity index is 1.46. The molecule has 1 fully saturated rings. The van der Waals surface area contributed by atoms with Gasteiger partial charge in [-0.15, -0.1) is 0 Å². The van der Waals surface area contributed by atoms with Crippen LogP contribution in [0.4, 0.5) is 0 Å².